The highest BCUT2D eigenvalue weighted by atomic mass is 35.5. The summed E-state index contributed by atoms with van der Waals surface area (Å²) in [6.07, 6.45) is 9.09. The smallest absolute Gasteiger partial charge is 0.0621 e. The van der Waals surface area contributed by atoms with E-state index in [9.17, 15) is 0 Å². The molecule has 1 unspecified atom stereocenters. The van der Waals surface area contributed by atoms with Crippen molar-refractivity contribution in [1.82, 2.24) is 9.88 Å². The van der Waals surface area contributed by atoms with Crippen LogP contribution >= 0.6 is 11.6 Å². The molecule has 4 heteroatoms. The summed E-state index contributed by atoms with van der Waals surface area (Å²) >= 11 is 6.23. The molecule has 0 aromatic carbocycles. The molecule has 1 aromatic heterocycles. The molecule has 0 amide bonds. The van der Waals surface area contributed by atoms with Crippen LogP contribution in [-0.2, 0) is 6.42 Å². The highest BCUT2D eigenvalue weighted by Gasteiger charge is 2.40. The largest absolute Gasteiger partial charge is 0.326 e. The molecular weight excluding hydrogens is 270 g/mol. The van der Waals surface area contributed by atoms with Crippen molar-refractivity contribution < 1.29 is 0 Å². The van der Waals surface area contributed by atoms with Crippen molar-refractivity contribution in [3.63, 3.8) is 0 Å². The number of likely N-dealkylation sites (tertiary alicyclic amines) is 1. The standard InChI is InChI=1S/C16H26ClN3/c1-3-16(4-2,20-9-5-6-10-20)15(18)11-13-7-8-19-12-14(13)17/h7-8,12,15H,3-6,9-11,18H2,1-2H3. The fourth-order valence-corrected chi connectivity index (χ4v) is 3.81. The lowest BCUT2D eigenvalue weighted by Gasteiger charge is -2.45. The van der Waals surface area contributed by atoms with Gasteiger partial charge in [-0.2, -0.15) is 0 Å². The minimum Gasteiger partial charge on any atom is -0.326 e. The van der Waals surface area contributed by atoms with Crippen LogP contribution in [0.4, 0.5) is 0 Å². The fourth-order valence-electron chi connectivity index (χ4n) is 3.62. The molecule has 1 aliphatic rings. The van der Waals surface area contributed by atoms with E-state index < -0.39 is 0 Å². The molecule has 20 heavy (non-hydrogen) atoms. The van der Waals surface area contributed by atoms with E-state index >= 15 is 0 Å². The van der Waals surface area contributed by atoms with Crippen molar-refractivity contribution in [2.75, 3.05) is 13.1 Å². The van der Waals surface area contributed by atoms with Gasteiger partial charge in [0.05, 0.1) is 5.02 Å². The van der Waals surface area contributed by atoms with Gasteiger partial charge in [0.25, 0.3) is 0 Å². The topological polar surface area (TPSA) is 42.1 Å². The molecule has 0 spiro atoms. The van der Waals surface area contributed by atoms with E-state index in [1.807, 2.05) is 6.07 Å². The van der Waals surface area contributed by atoms with Gasteiger partial charge in [-0.15, -0.1) is 0 Å². The number of aromatic nitrogens is 1. The molecule has 2 N–H and O–H groups in total. The third-order valence-corrected chi connectivity index (χ3v) is 5.29. The highest BCUT2D eigenvalue weighted by molar-refractivity contribution is 6.31. The van der Waals surface area contributed by atoms with Crippen LogP contribution in [0.3, 0.4) is 0 Å². The third kappa shape index (κ3) is 3.00. The lowest BCUT2D eigenvalue weighted by molar-refractivity contribution is 0.0768. The average Bonchev–Trinajstić information content (AvgIpc) is 2.98. The monoisotopic (exact) mass is 295 g/mol. The maximum Gasteiger partial charge on any atom is 0.0621 e. The van der Waals surface area contributed by atoms with Gasteiger partial charge >= 0.3 is 0 Å². The first-order valence-electron chi connectivity index (χ1n) is 7.73. The summed E-state index contributed by atoms with van der Waals surface area (Å²) in [5, 5.41) is 0.727. The molecule has 0 bridgehead atoms. The first kappa shape index (κ1) is 15.7. The predicted molar refractivity (Wildman–Crippen MR) is 85.0 cm³/mol. The molecule has 2 heterocycles. The third-order valence-electron chi connectivity index (χ3n) is 4.95. The summed E-state index contributed by atoms with van der Waals surface area (Å²) in [6, 6.07) is 2.10. The Morgan fingerprint density at radius 1 is 1.35 bits per heavy atom. The van der Waals surface area contributed by atoms with Crippen LogP contribution in [-0.4, -0.2) is 34.6 Å². The summed E-state index contributed by atoms with van der Waals surface area (Å²) in [5.41, 5.74) is 7.85. The minimum absolute atomic E-state index is 0.100. The molecule has 1 aromatic rings. The van der Waals surface area contributed by atoms with E-state index in [2.05, 4.69) is 23.7 Å². The van der Waals surface area contributed by atoms with Crippen LogP contribution in [0, 0.1) is 0 Å². The average molecular weight is 296 g/mol. The van der Waals surface area contributed by atoms with Crippen LogP contribution in [0.5, 0.6) is 0 Å². The molecule has 0 aliphatic carbocycles. The van der Waals surface area contributed by atoms with Gasteiger partial charge in [0.1, 0.15) is 0 Å². The number of nitrogens with two attached hydrogens (primary N) is 1. The van der Waals surface area contributed by atoms with E-state index in [0.29, 0.717) is 0 Å². The fraction of sp³-hybridized carbons (Fsp3) is 0.688. The zero-order valence-electron chi connectivity index (χ0n) is 12.6. The Bertz CT molecular complexity index is 425. The van der Waals surface area contributed by atoms with Crippen LogP contribution in [0.15, 0.2) is 18.5 Å². The summed E-state index contributed by atoms with van der Waals surface area (Å²) in [4.78, 5) is 6.65. The summed E-state index contributed by atoms with van der Waals surface area (Å²) in [5.74, 6) is 0. The predicted octanol–water partition coefficient (Wildman–Crippen LogP) is 3.26. The van der Waals surface area contributed by atoms with E-state index in [1.54, 1.807) is 12.4 Å². The molecule has 0 saturated carbocycles. The van der Waals surface area contributed by atoms with Gasteiger partial charge in [-0.05, 0) is 56.8 Å². The highest BCUT2D eigenvalue weighted by Crippen LogP contribution is 2.32. The van der Waals surface area contributed by atoms with Gasteiger partial charge < -0.3 is 5.73 Å². The van der Waals surface area contributed by atoms with Crippen LogP contribution in [0.25, 0.3) is 0 Å². The molecule has 1 saturated heterocycles. The van der Waals surface area contributed by atoms with E-state index in [-0.39, 0.29) is 11.6 Å². The van der Waals surface area contributed by atoms with Crippen molar-refractivity contribution in [2.24, 2.45) is 5.73 Å². The second-order valence-electron chi connectivity index (χ2n) is 5.78. The van der Waals surface area contributed by atoms with Crippen molar-refractivity contribution in [2.45, 2.75) is 57.5 Å². The van der Waals surface area contributed by atoms with Gasteiger partial charge in [-0.25, -0.2) is 0 Å². The molecule has 2 rings (SSSR count). The molecule has 1 atom stereocenters. The quantitative estimate of drug-likeness (QED) is 0.876. The summed E-state index contributed by atoms with van der Waals surface area (Å²) in [6.45, 7) is 6.88. The van der Waals surface area contributed by atoms with Gasteiger partial charge in [0, 0.05) is 24.0 Å². The second kappa shape index (κ2) is 6.88. The summed E-state index contributed by atoms with van der Waals surface area (Å²) < 4.78 is 0. The maximum absolute atomic E-state index is 6.63. The zero-order valence-corrected chi connectivity index (χ0v) is 13.4. The van der Waals surface area contributed by atoms with Crippen LogP contribution in [0.1, 0.15) is 45.1 Å². The zero-order chi connectivity index (χ0) is 14.6. The number of hydrogen-bond donors (Lipinski definition) is 1. The molecular formula is C16H26ClN3. The van der Waals surface area contributed by atoms with Gasteiger partial charge in [-0.3, -0.25) is 9.88 Å². The second-order valence-corrected chi connectivity index (χ2v) is 6.19. The van der Waals surface area contributed by atoms with Crippen molar-refractivity contribution in [3.8, 4) is 0 Å². The van der Waals surface area contributed by atoms with Gasteiger partial charge in [0.15, 0.2) is 0 Å². The Morgan fingerprint density at radius 2 is 2.00 bits per heavy atom. The van der Waals surface area contributed by atoms with E-state index in [4.69, 9.17) is 17.3 Å². The Kier molecular flexibility index (Phi) is 5.42. The minimum atomic E-state index is 0.100. The molecule has 1 aliphatic heterocycles. The van der Waals surface area contributed by atoms with E-state index in [0.717, 1.165) is 29.8 Å². The van der Waals surface area contributed by atoms with Crippen molar-refractivity contribution in [3.05, 3.63) is 29.0 Å². The first-order valence-corrected chi connectivity index (χ1v) is 8.11. The van der Waals surface area contributed by atoms with Gasteiger partial charge in [-0.1, -0.05) is 25.4 Å². The van der Waals surface area contributed by atoms with Crippen molar-refractivity contribution in [1.29, 1.82) is 0 Å². The molecule has 3 nitrogen and oxygen atoms in total. The number of hydrogen-bond acceptors (Lipinski definition) is 3. The molecule has 1 fully saturated rings. The lowest BCUT2D eigenvalue weighted by Crippen LogP contribution is -2.59. The lowest BCUT2D eigenvalue weighted by atomic mass is 9.80. The first-order chi connectivity index (χ1) is 9.64. The maximum atomic E-state index is 6.63. The normalized spacial score (nSPS) is 18.4. The Labute approximate surface area is 127 Å². The SMILES string of the molecule is CCC(CC)(C(N)Cc1ccncc1Cl)N1CCCC1. The van der Waals surface area contributed by atoms with Gasteiger partial charge in [0.2, 0.25) is 0 Å². The number of halogens is 1. The Morgan fingerprint density at radius 3 is 2.55 bits per heavy atom. The Balaban J connectivity index is 2.18. The molecule has 0 radical (unpaired) electrons. The Hall–Kier alpha value is -0.640. The number of rotatable bonds is 6. The van der Waals surface area contributed by atoms with E-state index in [1.165, 1.54) is 25.9 Å². The van der Waals surface area contributed by atoms with Crippen molar-refractivity contribution >= 4 is 11.6 Å². The number of nitrogens with zero attached hydrogens (tertiary/aromatic N) is 2. The number of pyridine rings is 1. The molecule has 112 valence electrons. The van der Waals surface area contributed by atoms with Crippen LogP contribution in [0.2, 0.25) is 5.02 Å². The van der Waals surface area contributed by atoms with Crippen LogP contribution < -0.4 is 5.73 Å². The summed E-state index contributed by atoms with van der Waals surface area (Å²) in [7, 11) is 0.